The Morgan fingerprint density at radius 2 is 1.49 bits per heavy atom. The summed E-state index contributed by atoms with van der Waals surface area (Å²) in [4.78, 5) is 23.9. The van der Waals surface area contributed by atoms with Crippen LogP contribution in [0.1, 0.15) is 54.7 Å². The highest BCUT2D eigenvalue weighted by Gasteiger charge is 2.30. The number of nitrogens with zero attached hydrogens (tertiary/aromatic N) is 4. The Balaban J connectivity index is 1.47. The number of hydrogen-bond acceptors (Lipinski definition) is 6. The van der Waals surface area contributed by atoms with Crippen molar-refractivity contribution in [2.45, 2.75) is 39.8 Å². The Kier molecular flexibility index (Phi) is 11.0. The van der Waals surface area contributed by atoms with Crippen molar-refractivity contribution in [3.05, 3.63) is 102 Å². The average molecular weight is 628 g/mol. The van der Waals surface area contributed by atoms with Crippen molar-refractivity contribution in [3.63, 3.8) is 0 Å². The van der Waals surface area contributed by atoms with Gasteiger partial charge >= 0.3 is 0 Å². The maximum absolute atomic E-state index is 14.4. The van der Waals surface area contributed by atoms with Gasteiger partial charge in [0, 0.05) is 55.8 Å². The lowest BCUT2D eigenvalue weighted by Gasteiger charge is -2.35. The largest absolute Gasteiger partial charge is 0.345 e. The average Bonchev–Trinajstić information content (AvgIpc) is 3.08. The summed E-state index contributed by atoms with van der Waals surface area (Å²) in [6, 6.07) is 27.8. The highest BCUT2D eigenvalue weighted by Crippen LogP contribution is 2.32. The van der Waals surface area contributed by atoms with E-state index in [4.69, 9.17) is 4.98 Å². The van der Waals surface area contributed by atoms with Crippen LogP contribution in [0.15, 0.2) is 84.9 Å². The fourth-order valence-corrected chi connectivity index (χ4v) is 7.61. The molecule has 0 radical (unpaired) electrons. The van der Waals surface area contributed by atoms with E-state index in [1.165, 1.54) is 0 Å². The van der Waals surface area contributed by atoms with Crippen LogP contribution in [0.2, 0.25) is 0 Å². The Morgan fingerprint density at radius 3 is 2.13 bits per heavy atom. The van der Waals surface area contributed by atoms with E-state index in [9.17, 15) is 13.2 Å². The number of aromatic nitrogens is 1. The normalized spacial score (nSPS) is 15.4. The molecule has 1 amide bonds. The molecule has 1 unspecified atom stereocenters. The molecule has 1 N–H and O–H groups in total. The maximum Gasteiger partial charge on any atom is 0.252 e. The Morgan fingerprint density at radius 1 is 0.867 bits per heavy atom. The molecule has 45 heavy (non-hydrogen) atoms. The summed E-state index contributed by atoms with van der Waals surface area (Å²) in [5.74, 6) is 0.000251. The van der Waals surface area contributed by atoms with Crippen LogP contribution in [-0.4, -0.2) is 85.0 Å². The van der Waals surface area contributed by atoms with Gasteiger partial charge in [0.1, 0.15) is 0 Å². The minimum absolute atomic E-state index is 0.130. The number of nitrogens with one attached hydrogen (secondary N) is 1. The van der Waals surface area contributed by atoms with Gasteiger partial charge in [-0.15, -0.1) is 0 Å². The Labute approximate surface area is 268 Å². The van der Waals surface area contributed by atoms with Gasteiger partial charge in [-0.2, -0.15) is 4.31 Å². The molecule has 1 aliphatic rings. The minimum Gasteiger partial charge on any atom is -0.345 e. The predicted molar refractivity (Wildman–Crippen MR) is 183 cm³/mol. The van der Waals surface area contributed by atoms with Crippen LogP contribution >= 0.6 is 0 Å². The van der Waals surface area contributed by atoms with E-state index in [2.05, 4.69) is 35.9 Å². The first-order chi connectivity index (χ1) is 21.8. The van der Waals surface area contributed by atoms with Crippen molar-refractivity contribution in [2.24, 2.45) is 0 Å². The molecule has 9 heteroatoms. The SMILES string of the molecule is CCC(NC(=O)c1c(CN2CCN(S(=O)(=O)CCN(CC)CC)CC2)c(-c2ccccc2)nc2ccccc12)c1ccccc1. The molecule has 0 spiro atoms. The van der Waals surface area contributed by atoms with Crippen molar-refractivity contribution in [2.75, 3.05) is 51.6 Å². The lowest BCUT2D eigenvalue weighted by molar-refractivity contribution is 0.0934. The van der Waals surface area contributed by atoms with Crippen molar-refractivity contribution >= 4 is 26.8 Å². The van der Waals surface area contributed by atoms with E-state index in [-0.39, 0.29) is 17.7 Å². The number of amides is 1. The Hall–Kier alpha value is -3.63. The monoisotopic (exact) mass is 627 g/mol. The van der Waals surface area contributed by atoms with Crippen molar-refractivity contribution in [1.82, 2.24) is 24.4 Å². The fourth-order valence-electron chi connectivity index (χ4n) is 6.14. The van der Waals surface area contributed by atoms with Gasteiger partial charge in [-0.05, 0) is 31.1 Å². The second kappa shape index (κ2) is 15.1. The molecular weight excluding hydrogens is 582 g/mol. The number of hydrogen-bond donors (Lipinski definition) is 1. The third-order valence-corrected chi connectivity index (χ3v) is 10.7. The van der Waals surface area contributed by atoms with Crippen LogP contribution in [0, 0.1) is 0 Å². The summed E-state index contributed by atoms with van der Waals surface area (Å²) in [6.45, 7) is 10.9. The number of carbonyl (C=O) groups excluding carboxylic acids is 1. The van der Waals surface area contributed by atoms with Crippen molar-refractivity contribution < 1.29 is 13.2 Å². The van der Waals surface area contributed by atoms with Crippen molar-refractivity contribution in [3.8, 4) is 11.3 Å². The number of carbonyl (C=O) groups is 1. The van der Waals surface area contributed by atoms with Crippen LogP contribution in [0.25, 0.3) is 22.2 Å². The standard InChI is InChI=1S/C36H45N5O3S/c1-4-32(28-15-9-7-10-16-28)38-36(42)34-30-19-13-14-20-33(30)37-35(29-17-11-8-12-18-29)31(34)27-40-21-23-41(24-22-40)45(43,44)26-25-39(5-2)6-3/h7-20,32H,4-6,21-27H2,1-3H3,(H,38,42). The summed E-state index contributed by atoms with van der Waals surface area (Å²) in [5, 5.41) is 4.14. The number of rotatable bonds is 13. The van der Waals surface area contributed by atoms with Gasteiger partial charge in [0.2, 0.25) is 10.0 Å². The molecule has 3 aromatic carbocycles. The van der Waals surface area contributed by atoms with Gasteiger partial charge < -0.3 is 10.2 Å². The van der Waals surface area contributed by atoms with Gasteiger partial charge in [-0.25, -0.2) is 13.4 Å². The topological polar surface area (TPSA) is 85.8 Å². The molecule has 4 aromatic rings. The lowest BCUT2D eigenvalue weighted by atomic mass is 9.94. The molecular formula is C36H45N5O3S. The molecule has 2 heterocycles. The predicted octanol–water partition coefficient (Wildman–Crippen LogP) is 5.57. The minimum atomic E-state index is -3.35. The first-order valence-electron chi connectivity index (χ1n) is 16.1. The molecule has 1 fully saturated rings. The molecule has 1 aliphatic heterocycles. The lowest BCUT2D eigenvalue weighted by Crippen LogP contribution is -2.49. The fraction of sp³-hybridized carbons (Fsp3) is 0.389. The zero-order valence-corrected chi connectivity index (χ0v) is 27.5. The second-order valence-electron chi connectivity index (χ2n) is 11.6. The molecule has 238 valence electrons. The van der Waals surface area contributed by atoms with Crippen molar-refractivity contribution in [1.29, 1.82) is 0 Å². The zero-order chi connectivity index (χ0) is 31.8. The van der Waals surface area contributed by atoms with E-state index in [0.29, 0.717) is 44.8 Å². The highest BCUT2D eigenvalue weighted by atomic mass is 32.2. The van der Waals surface area contributed by atoms with Gasteiger partial charge in [0.05, 0.1) is 28.6 Å². The van der Waals surface area contributed by atoms with E-state index < -0.39 is 10.0 Å². The molecule has 5 rings (SSSR count). The number of piperazine rings is 1. The number of sulfonamides is 1. The Bertz CT molecular complexity index is 1670. The highest BCUT2D eigenvalue weighted by molar-refractivity contribution is 7.89. The van der Waals surface area contributed by atoms with E-state index in [1.54, 1.807) is 4.31 Å². The molecule has 0 aliphatic carbocycles. The van der Waals surface area contributed by atoms with Crippen LogP contribution < -0.4 is 5.32 Å². The molecule has 1 saturated heterocycles. The van der Waals surface area contributed by atoms with Crippen LogP contribution in [0.5, 0.6) is 0 Å². The number of fused-ring (bicyclic) bond motifs is 1. The van der Waals surface area contributed by atoms with E-state index >= 15 is 0 Å². The maximum atomic E-state index is 14.4. The van der Waals surface area contributed by atoms with Crippen LogP contribution in [0.3, 0.4) is 0 Å². The van der Waals surface area contributed by atoms with Crippen LogP contribution in [-0.2, 0) is 16.6 Å². The molecule has 0 bridgehead atoms. The second-order valence-corrected chi connectivity index (χ2v) is 13.6. The number of benzene rings is 3. The van der Waals surface area contributed by atoms with E-state index in [0.717, 1.165) is 52.8 Å². The first kappa shape index (κ1) is 32.8. The van der Waals surface area contributed by atoms with Gasteiger partial charge in [0.15, 0.2) is 0 Å². The quantitative estimate of drug-likeness (QED) is 0.209. The summed E-state index contributed by atoms with van der Waals surface area (Å²) in [7, 11) is -3.35. The molecule has 1 atom stereocenters. The smallest absolute Gasteiger partial charge is 0.252 e. The van der Waals surface area contributed by atoms with Gasteiger partial charge in [-0.3, -0.25) is 9.69 Å². The summed E-state index contributed by atoms with van der Waals surface area (Å²) in [6.07, 6.45) is 0.754. The number of pyridine rings is 1. The van der Waals surface area contributed by atoms with Gasteiger partial charge in [0.25, 0.3) is 5.91 Å². The molecule has 0 saturated carbocycles. The summed E-state index contributed by atoms with van der Waals surface area (Å²) < 4.78 is 28.0. The summed E-state index contributed by atoms with van der Waals surface area (Å²) in [5.41, 5.74) is 5.04. The third-order valence-electron chi connectivity index (χ3n) is 8.85. The van der Waals surface area contributed by atoms with E-state index in [1.807, 2.05) is 84.9 Å². The summed E-state index contributed by atoms with van der Waals surface area (Å²) >= 11 is 0. The third kappa shape index (κ3) is 7.79. The van der Waals surface area contributed by atoms with Gasteiger partial charge in [-0.1, -0.05) is 99.6 Å². The molecule has 8 nitrogen and oxygen atoms in total. The first-order valence-corrected chi connectivity index (χ1v) is 17.7. The number of para-hydroxylation sites is 1. The molecule has 1 aromatic heterocycles. The zero-order valence-electron chi connectivity index (χ0n) is 26.7. The van der Waals surface area contributed by atoms with Crippen LogP contribution in [0.4, 0.5) is 0 Å².